The molecular formula is C29H27BrCl2N4O3. The summed E-state index contributed by atoms with van der Waals surface area (Å²) in [6.45, 7) is 2.47. The highest BCUT2D eigenvalue weighted by Crippen LogP contribution is 2.47. The van der Waals surface area contributed by atoms with Gasteiger partial charge in [-0.1, -0.05) is 55.5 Å². The molecule has 2 aromatic carbocycles. The van der Waals surface area contributed by atoms with Gasteiger partial charge in [0.25, 0.3) is 0 Å². The standard InChI is InChI=1S/C29H27BrCl2N4O3/c1-15-11-17(7-10-22(15)30)28-33-34-29(38-28)36-18-8-9-19(36)13-20(12-18)37-14-21-26(35-39-27(21)16-5-6-16)25-23(31)3-2-4-24(25)32/h2-4,7,10-11,16,18-20H,5-6,8-9,12-14H2,1H3. The minimum Gasteiger partial charge on any atom is -0.403 e. The van der Waals surface area contributed by atoms with Crippen molar-refractivity contribution in [2.45, 2.75) is 76.2 Å². The minimum absolute atomic E-state index is 0.117. The highest BCUT2D eigenvalue weighted by molar-refractivity contribution is 9.10. The van der Waals surface area contributed by atoms with Gasteiger partial charge in [-0.2, -0.15) is 0 Å². The molecule has 2 unspecified atom stereocenters. The van der Waals surface area contributed by atoms with Crippen molar-refractivity contribution in [3.63, 3.8) is 0 Å². The van der Waals surface area contributed by atoms with Crippen molar-refractivity contribution in [2.75, 3.05) is 4.90 Å². The van der Waals surface area contributed by atoms with E-state index >= 15 is 0 Å². The fraction of sp³-hybridized carbons (Fsp3) is 0.414. The summed E-state index contributed by atoms with van der Waals surface area (Å²) in [7, 11) is 0. The minimum atomic E-state index is 0.117. The van der Waals surface area contributed by atoms with E-state index in [1.54, 1.807) is 0 Å². The van der Waals surface area contributed by atoms with Crippen LogP contribution in [0.1, 0.15) is 61.3 Å². The van der Waals surface area contributed by atoms with Gasteiger partial charge in [-0.25, -0.2) is 0 Å². The van der Waals surface area contributed by atoms with E-state index in [0.717, 1.165) is 65.4 Å². The van der Waals surface area contributed by atoms with Gasteiger partial charge in [0.05, 0.1) is 22.8 Å². The van der Waals surface area contributed by atoms with Crippen LogP contribution in [0.5, 0.6) is 0 Å². The number of halogens is 3. The maximum absolute atomic E-state index is 6.57. The lowest BCUT2D eigenvalue weighted by Gasteiger charge is -2.37. The molecule has 2 aliphatic heterocycles. The summed E-state index contributed by atoms with van der Waals surface area (Å²) >= 11 is 16.6. The second kappa shape index (κ2) is 10.2. The number of hydrogen-bond acceptors (Lipinski definition) is 7. The quantitative estimate of drug-likeness (QED) is 0.203. The van der Waals surface area contributed by atoms with Crippen LogP contribution >= 0.6 is 39.1 Å². The SMILES string of the molecule is Cc1cc(-c2nnc(N3C4CCC3CC(OCc3c(-c5c(Cl)cccc5Cl)noc3C3CC3)C4)o2)ccc1Br. The third-order valence-electron chi connectivity index (χ3n) is 8.16. The molecule has 1 saturated carbocycles. The first-order valence-corrected chi connectivity index (χ1v) is 14.9. The molecule has 7 rings (SSSR count). The molecule has 2 bridgehead atoms. The van der Waals surface area contributed by atoms with Crippen LogP contribution in [-0.2, 0) is 11.3 Å². The highest BCUT2D eigenvalue weighted by Gasteiger charge is 2.44. The number of nitrogens with zero attached hydrogens (tertiary/aromatic N) is 4. The van der Waals surface area contributed by atoms with Crippen molar-refractivity contribution >= 4 is 45.1 Å². The fourth-order valence-electron chi connectivity index (χ4n) is 6.04. The van der Waals surface area contributed by atoms with Crippen LogP contribution in [0.25, 0.3) is 22.7 Å². The first-order valence-electron chi connectivity index (χ1n) is 13.4. The molecule has 4 aromatic rings. The van der Waals surface area contributed by atoms with Crippen LogP contribution in [0.4, 0.5) is 6.01 Å². The van der Waals surface area contributed by atoms with Crippen molar-refractivity contribution in [3.05, 3.63) is 67.8 Å². The Labute approximate surface area is 244 Å². The van der Waals surface area contributed by atoms with E-state index in [-0.39, 0.29) is 6.10 Å². The number of fused-ring (bicyclic) bond motifs is 2. The Bertz CT molecular complexity index is 1500. The molecule has 2 aromatic heterocycles. The maximum atomic E-state index is 6.57. The maximum Gasteiger partial charge on any atom is 0.318 e. The molecule has 2 saturated heterocycles. The fourth-order valence-corrected chi connectivity index (χ4v) is 6.86. The van der Waals surface area contributed by atoms with Gasteiger partial charge in [-0.15, -0.1) is 5.10 Å². The summed E-state index contributed by atoms with van der Waals surface area (Å²) in [6, 6.07) is 12.8. The average molecular weight is 630 g/mol. The molecule has 7 nitrogen and oxygen atoms in total. The van der Waals surface area contributed by atoms with Gasteiger partial charge in [-0.3, -0.25) is 0 Å². The van der Waals surface area contributed by atoms with Crippen molar-refractivity contribution in [1.29, 1.82) is 0 Å². The first-order chi connectivity index (χ1) is 19.0. The zero-order chi connectivity index (χ0) is 26.7. The first kappa shape index (κ1) is 25.6. The van der Waals surface area contributed by atoms with Gasteiger partial charge in [0.2, 0.25) is 5.89 Å². The summed E-state index contributed by atoms with van der Waals surface area (Å²) in [5, 5.41) is 14.3. The molecule has 0 amide bonds. The van der Waals surface area contributed by atoms with Crippen LogP contribution in [0.15, 0.2) is 49.8 Å². The van der Waals surface area contributed by atoms with Gasteiger partial charge in [0.15, 0.2) is 0 Å². The van der Waals surface area contributed by atoms with Crippen molar-refractivity contribution in [1.82, 2.24) is 15.4 Å². The Morgan fingerprint density at radius 3 is 2.46 bits per heavy atom. The summed E-state index contributed by atoms with van der Waals surface area (Å²) in [5.74, 6) is 1.84. The summed E-state index contributed by atoms with van der Waals surface area (Å²) in [4.78, 5) is 2.31. The Hall–Kier alpha value is -2.39. The smallest absolute Gasteiger partial charge is 0.318 e. The third kappa shape index (κ3) is 4.79. The van der Waals surface area contributed by atoms with E-state index < -0.39 is 0 Å². The molecule has 3 fully saturated rings. The Morgan fingerprint density at radius 2 is 1.77 bits per heavy atom. The molecule has 0 N–H and O–H groups in total. The van der Waals surface area contributed by atoms with E-state index in [1.807, 2.05) is 30.3 Å². The number of hydrogen-bond donors (Lipinski definition) is 0. The summed E-state index contributed by atoms with van der Waals surface area (Å²) in [5.41, 5.74) is 4.42. The molecular weight excluding hydrogens is 603 g/mol. The van der Waals surface area contributed by atoms with E-state index in [2.05, 4.69) is 49.2 Å². The van der Waals surface area contributed by atoms with Gasteiger partial charge >= 0.3 is 6.01 Å². The van der Waals surface area contributed by atoms with E-state index in [0.29, 0.717) is 57.8 Å². The van der Waals surface area contributed by atoms with Gasteiger partial charge in [0.1, 0.15) is 11.5 Å². The van der Waals surface area contributed by atoms with Crippen molar-refractivity contribution < 1.29 is 13.7 Å². The monoisotopic (exact) mass is 628 g/mol. The number of ether oxygens (including phenoxy) is 1. The lowest BCUT2D eigenvalue weighted by atomic mass is 10.00. The van der Waals surface area contributed by atoms with Crippen LogP contribution < -0.4 is 4.90 Å². The summed E-state index contributed by atoms with van der Waals surface area (Å²) in [6.07, 6.45) is 6.29. The molecule has 3 aliphatic rings. The Balaban J connectivity index is 1.08. The second-order valence-electron chi connectivity index (χ2n) is 10.8. The predicted octanol–water partition coefficient (Wildman–Crippen LogP) is 8.36. The van der Waals surface area contributed by atoms with E-state index in [1.165, 1.54) is 0 Å². The van der Waals surface area contributed by atoms with Crippen LogP contribution in [0, 0.1) is 6.92 Å². The number of benzene rings is 2. The zero-order valence-corrected chi connectivity index (χ0v) is 24.5. The normalized spacial score (nSPS) is 22.6. The van der Waals surface area contributed by atoms with E-state index in [4.69, 9.17) is 36.9 Å². The molecule has 39 heavy (non-hydrogen) atoms. The highest BCUT2D eigenvalue weighted by atomic mass is 79.9. The molecule has 4 heterocycles. The third-order valence-corrected chi connectivity index (χ3v) is 9.68. The van der Waals surface area contributed by atoms with Crippen LogP contribution in [0.2, 0.25) is 10.0 Å². The molecule has 0 spiro atoms. The number of aromatic nitrogens is 3. The number of piperidine rings is 1. The largest absolute Gasteiger partial charge is 0.403 e. The number of rotatable bonds is 7. The molecule has 202 valence electrons. The Morgan fingerprint density at radius 1 is 1.03 bits per heavy atom. The Kier molecular flexibility index (Phi) is 6.70. The van der Waals surface area contributed by atoms with E-state index in [9.17, 15) is 0 Å². The van der Waals surface area contributed by atoms with Crippen LogP contribution in [0.3, 0.4) is 0 Å². The van der Waals surface area contributed by atoms with Gasteiger partial charge in [0, 0.05) is 39.2 Å². The van der Waals surface area contributed by atoms with Crippen molar-refractivity contribution in [2.24, 2.45) is 0 Å². The average Bonchev–Trinajstić information content (AvgIpc) is 3.39. The van der Waals surface area contributed by atoms with Crippen LogP contribution in [-0.4, -0.2) is 33.5 Å². The van der Waals surface area contributed by atoms with Gasteiger partial charge < -0.3 is 18.6 Å². The summed E-state index contributed by atoms with van der Waals surface area (Å²) < 4.78 is 19.6. The lowest BCUT2D eigenvalue weighted by molar-refractivity contribution is 0.0139. The molecule has 1 aliphatic carbocycles. The lowest BCUT2D eigenvalue weighted by Crippen LogP contribution is -2.45. The predicted molar refractivity (Wildman–Crippen MR) is 153 cm³/mol. The number of aryl methyl sites for hydroxylation is 1. The second-order valence-corrected chi connectivity index (χ2v) is 12.5. The van der Waals surface area contributed by atoms with Gasteiger partial charge in [-0.05, 0) is 81.3 Å². The topological polar surface area (TPSA) is 77.4 Å². The van der Waals surface area contributed by atoms with Crippen molar-refractivity contribution in [3.8, 4) is 22.7 Å². The molecule has 10 heteroatoms. The zero-order valence-electron chi connectivity index (χ0n) is 21.4. The number of anilines is 1. The molecule has 0 radical (unpaired) electrons. The molecule has 2 atom stereocenters.